The molecule has 0 saturated heterocycles. The second-order valence-corrected chi connectivity index (χ2v) is 8.98. The van der Waals surface area contributed by atoms with Crippen molar-refractivity contribution >= 4 is 23.2 Å². The minimum Gasteiger partial charge on any atom is -0.508 e. The zero-order valence-electron chi connectivity index (χ0n) is 18.8. The van der Waals surface area contributed by atoms with Gasteiger partial charge in [-0.1, -0.05) is 79.7 Å². The van der Waals surface area contributed by atoms with E-state index in [-0.39, 0.29) is 11.5 Å². The Bertz CT molecular complexity index is 1300. The minimum atomic E-state index is -0.0827. The van der Waals surface area contributed by atoms with Gasteiger partial charge in [0, 0.05) is 27.8 Å². The van der Waals surface area contributed by atoms with E-state index in [1.807, 2.05) is 30.3 Å². The number of rotatable bonds is 8. The van der Waals surface area contributed by atoms with Crippen molar-refractivity contribution in [3.63, 3.8) is 0 Å². The molecule has 2 N–H and O–H groups in total. The molecular formula is C27H25Cl2N3O2. The molecule has 0 radical (unpaired) electrons. The van der Waals surface area contributed by atoms with Crippen LogP contribution in [0.2, 0.25) is 10.0 Å². The monoisotopic (exact) mass is 493 g/mol. The summed E-state index contributed by atoms with van der Waals surface area (Å²) in [5, 5.41) is 31.0. The van der Waals surface area contributed by atoms with Gasteiger partial charge in [-0.3, -0.25) is 0 Å². The Hall–Kier alpha value is -3.15. The number of benzene rings is 3. The molecule has 0 unspecified atom stereocenters. The number of hydrogen-bond donors (Lipinski definition) is 2. The first-order chi connectivity index (χ1) is 16.5. The lowest BCUT2D eigenvalue weighted by Gasteiger charge is -2.14. The van der Waals surface area contributed by atoms with Gasteiger partial charge in [-0.05, 0) is 42.7 Å². The minimum absolute atomic E-state index is 0.0713. The first-order valence-corrected chi connectivity index (χ1v) is 12.0. The Morgan fingerprint density at radius 1 is 0.765 bits per heavy atom. The fourth-order valence-electron chi connectivity index (χ4n) is 3.84. The van der Waals surface area contributed by atoms with Crippen LogP contribution in [0.25, 0.3) is 33.9 Å². The molecule has 0 aliphatic heterocycles. The highest BCUT2D eigenvalue weighted by Gasteiger charge is 2.20. The molecule has 5 nitrogen and oxygen atoms in total. The summed E-state index contributed by atoms with van der Waals surface area (Å²) in [5.41, 5.74) is 3.60. The van der Waals surface area contributed by atoms with E-state index in [4.69, 9.17) is 28.2 Å². The quantitative estimate of drug-likeness (QED) is 0.245. The van der Waals surface area contributed by atoms with Gasteiger partial charge in [0.1, 0.15) is 22.9 Å². The van der Waals surface area contributed by atoms with Gasteiger partial charge in [0.25, 0.3) is 0 Å². The van der Waals surface area contributed by atoms with E-state index in [9.17, 15) is 10.2 Å². The highest BCUT2D eigenvalue weighted by Crippen LogP contribution is 2.39. The van der Waals surface area contributed by atoms with Crippen LogP contribution in [0.4, 0.5) is 0 Å². The molecule has 174 valence electrons. The van der Waals surface area contributed by atoms with Crippen molar-refractivity contribution in [2.45, 2.75) is 39.0 Å². The smallest absolute Gasteiger partial charge is 0.183 e. The van der Waals surface area contributed by atoms with Crippen LogP contribution in [0.5, 0.6) is 11.5 Å². The molecule has 4 aromatic rings. The average molecular weight is 494 g/mol. The van der Waals surface area contributed by atoms with E-state index in [2.05, 4.69) is 17.1 Å². The Balaban J connectivity index is 1.86. The van der Waals surface area contributed by atoms with Crippen molar-refractivity contribution in [2.24, 2.45) is 0 Å². The van der Waals surface area contributed by atoms with Gasteiger partial charge in [-0.25, -0.2) is 4.98 Å². The predicted octanol–water partition coefficient (Wildman–Crippen LogP) is 7.71. The van der Waals surface area contributed by atoms with Crippen LogP contribution in [0.1, 0.15) is 38.2 Å². The third-order valence-electron chi connectivity index (χ3n) is 5.66. The van der Waals surface area contributed by atoms with Crippen LogP contribution in [-0.4, -0.2) is 25.4 Å². The number of aryl methyl sites for hydroxylation is 1. The standard InChI is InChI=1S/C27H25Cl2N3O2/c1-2-3-4-6-11-18-14-21(24(34)16-23(18)33)26-25(17-9-7-5-8-10-17)31-32-27(30-26)20-13-12-19(28)15-22(20)29/h5,7-10,12-16,33-34H,2-4,6,11H2,1H3. The topological polar surface area (TPSA) is 79.1 Å². The second-order valence-electron chi connectivity index (χ2n) is 8.13. The molecule has 0 bridgehead atoms. The summed E-state index contributed by atoms with van der Waals surface area (Å²) in [7, 11) is 0. The number of unbranched alkanes of at least 4 members (excludes halogenated alkanes) is 3. The van der Waals surface area contributed by atoms with Crippen molar-refractivity contribution in [3.8, 4) is 45.4 Å². The maximum absolute atomic E-state index is 10.8. The van der Waals surface area contributed by atoms with Crippen molar-refractivity contribution < 1.29 is 10.2 Å². The number of halogens is 2. The lowest BCUT2D eigenvalue weighted by molar-refractivity contribution is 0.446. The second kappa shape index (κ2) is 10.9. The zero-order valence-corrected chi connectivity index (χ0v) is 20.3. The molecule has 0 amide bonds. The summed E-state index contributed by atoms with van der Waals surface area (Å²) in [6.45, 7) is 2.16. The number of nitrogens with zero attached hydrogens (tertiary/aromatic N) is 3. The fourth-order valence-corrected chi connectivity index (χ4v) is 4.34. The Kier molecular flexibility index (Phi) is 7.66. The Morgan fingerprint density at radius 3 is 2.29 bits per heavy atom. The number of phenolic OH excluding ortho intramolecular Hbond substituents is 2. The number of aromatic hydroxyl groups is 2. The predicted molar refractivity (Wildman–Crippen MR) is 137 cm³/mol. The molecule has 0 aliphatic rings. The third kappa shape index (κ3) is 5.32. The lowest BCUT2D eigenvalue weighted by Crippen LogP contribution is -2.01. The maximum atomic E-state index is 10.8. The van der Waals surface area contributed by atoms with Crippen LogP contribution >= 0.6 is 23.2 Å². The Morgan fingerprint density at radius 2 is 1.56 bits per heavy atom. The lowest BCUT2D eigenvalue weighted by atomic mass is 9.98. The molecule has 1 heterocycles. The fraction of sp³-hybridized carbons (Fsp3) is 0.222. The molecule has 4 rings (SSSR count). The summed E-state index contributed by atoms with van der Waals surface area (Å²) >= 11 is 12.5. The van der Waals surface area contributed by atoms with Crippen LogP contribution < -0.4 is 0 Å². The Labute approximate surface area is 209 Å². The van der Waals surface area contributed by atoms with Crippen LogP contribution in [0.15, 0.2) is 60.7 Å². The van der Waals surface area contributed by atoms with Crippen molar-refractivity contribution in [1.29, 1.82) is 0 Å². The summed E-state index contributed by atoms with van der Waals surface area (Å²) in [6.07, 6.45) is 5.01. The average Bonchev–Trinajstić information content (AvgIpc) is 2.83. The van der Waals surface area contributed by atoms with Gasteiger partial charge >= 0.3 is 0 Å². The molecule has 3 aromatic carbocycles. The molecule has 0 spiro atoms. The van der Waals surface area contributed by atoms with E-state index < -0.39 is 0 Å². The molecular weight excluding hydrogens is 469 g/mol. The summed E-state index contributed by atoms with van der Waals surface area (Å²) in [5.74, 6) is 0.302. The van der Waals surface area contributed by atoms with Crippen LogP contribution in [0, 0.1) is 0 Å². The first kappa shape index (κ1) is 24.0. The van der Waals surface area contributed by atoms with E-state index in [1.165, 1.54) is 6.07 Å². The van der Waals surface area contributed by atoms with E-state index in [1.54, 1.807) is 24.3 Å². The van der Waals surface area contributed by atoms with Gasteiger partial charge in [-0.15, -0.1) is 10.2 Å². The summed E-state index contributed by atoms with van der Waals surface area (Å²) < 4.78 is 0. The molecule has 34 heavy (non-hydrogen) atoms. The van der Waals surface area contributed by atoms with Crippen LogP contribution in [0.3, 0.4) is 0 Å². The first-order valence-electron chi connectivity index (χ1n) is 11.3. The van der Waals surface area contributed by atoms with Gasteiger partial charge in [0.2, 0.25) is 0 Å². The molecule has 7 heteroatoms. The van der Waals surface area contributed by atoms with Crippen molar-refractivity contribution in [3.05, 3.63) is 76.3 Å². The highest BCUT2D eigenvalue weighted by atomic mass is 35.5. The molecule has 0 fully saturated rings. The highest BCUT2D eigenvalue weighted by molar-refractivity contribution is 6.36. The van der Waals surface area contributed by atoms with E-state index >= 15 is 0 Å². The van der Waals surface area contributed by atoms with Gasteiger partial charge in [0.15, 0.2) is 5.82 Å². The number of hydrogen-bond acceptors (Lipinski definition) is 5. The summed E-state index contributed by atoms with van der Waals surface area (Å²) in [4.78, 5) is 4.78. The van der Waals surface area contributed by atoms with Crippen molar-refractivity contribution in [2.75, 3.05) is 0 Å². The number of aromatic nitrogens is 3. The van der Waals surface area contributed by atoms with Crippen molar-refractivity contribution in [1.82, 2.24) is 15.2 Å². The molecule has 1 aromatic heterocycles. The third-order valence-corrected chi connectivity index (χ3v) is 6.21. The molecule has 0 saturated carbocycles. The summed E-state index contributed by atoms with van der Waals surface area (Å²) in [6, 6.07) is 17.8. The normalized spacial score (nSPS) is 11.0. The van der Waals surface area contributed by atoms with E-state index in [0.717, 1.165) is 36.8 Å². The van der Waals surface area contributed by atoms with Gasteiger partial charge in [-0.2, -0.15) is 0 Å². The zero-order chi connectivity index (χ0) is 24.1. The largest absolute Gasteiger partial charge is 0.508 e. The molecule has 0 atom stereocenters. The van der Waals surface area contributed by atoms with E-state index in [0.29, 0.717) is 44.8 Å². The van der Waals surface area contributed by atoms with Gasteiger partial charge < -0.3 is 10.2 Å². The van der Waals surface area contributed by atoms with Gasteiger partial charge in [0.05, 0.1) is 5.02 Å². The SMILES string of the molecule is CCCCCCc1cc(-c2nc(-c3ccc(Cl)cc3Cl)nnc2-c2ccccc2)c(O)cc1O. The number of phenols is 2. The maximum Gasteiger partial charge on any atom is 0.183 e. The van der Waals surface area contributed by atoms with Crippen LogP contribution in [-0.2, 0) is 6.42 Å². The molecule has 0 aliphatic carbocycles.